The summed E-state index contributed by atoms with van der Waals surface area (Å²) in [5.74, 6) is -0.331. The Morgan fingerprint density at radius 2 is 1.69 bits per heavy atom. The molecule has 0 fully saturated rings. The number of amides is 2. The summed E-state index contributed by atoms with van der Waals surface area (Å²) in [5.41, 5.74) is 1.50. The molecule has 2 amide bonds. The molecule has 2 aromatic rings. The fourth-order valence-electron chi connectivity index (χ4n) is 2.34. The molecule has 2 rings (SSSR count). The van der Waals surface area contributed by atoms with Gasteiger partial charge in [-0.25, -0.2) is 21.9 Å². The molecule has 8 heteroatoms. The minimum atomic E-state index is -3.41. The first-order chi connectivity index (χ1) is 12.3. The number of halogens is 1. The highest BCUT2D eigenvalue weighted by molar-refractivity contribution is 7.88. The van der Waals surface area contributed by atoms with Gasteiger partial charge in [0.25, 0.3) is 0 Å². The molecule has 0 radical (unpaired) electrons. The average molecular weight is 379 g/mol. The third kappa shape index (κ3) is 6.81. The lowest BCUT2D eigenvalue weighted by molar-refractivity contribution is 0.251. The predicted molar refractivity (Wildman–Crippen MR) is 100.0 cm³/mol. The summed E-state index contributed by atoms with van der Waals surface area (Å²) in [6.45, 7) is 0.587. The fourth-order valence-corrected chi connectivity index (χ4v) is 3.19. The van der Waals surface area contributed by atoms with Gasteiger partial charge in [-0.05, 0) is 36.2 Å². The number of carbonyl (C=O) groups is 1. The van der Waals surface area contributed by atoms with Gasteiger partial charge in [0.2, 0.25) is 10.0 Å². The molecular weight excluding hydrogens is 357 g/mol. The SMILES string of the molecule is CS(=O)(=O)N(CCNC(=O)Nc1ccccc1)CCc1ccc(F)cc1. The minimum Gasteiger partial charge on any atom is -0.337 e. The number of hydrogen-bond acceptors (Lipinski definition) is 3. The van der Waals surface area contributed by atoms with Crippen LogP contribution in [0.3, 0.4) is 0 Å². The minimum absolute atomic E-state index is 0.155. The third-order valence-electron chi connectivity index (χ3n) is 3.71. The van der Waals surface area contributed by atoms with Crippen molar-refractivity contribution in [3.05, 3.63) is 66.0 Å². The van der Waals surface area contributed by atoms with E-state index >= 15 is 0 Å². The summed E-state index contributed by atoms with van der Waals surface area (Å²) < 4.78 is 38.0. The Morgan fingerprint density at radius 3 is 2.31 bits per heavy atom. The molecule has 0 unspecified atom stereocenters. The van der Waals surface area contributed by atoms with Gasteiger partial charge in [-0.3, -0.25) is 0 Å². The highest BCUT2D eigenvalue weighted by Crippen LogP contribution is 2.07. The maximum atomic E-state index is 12.9. The summed E-state index contributed by atoms with van der Waals surface area (Å²) in [6.07, 6.45) is 1.59. The first-order valence-corrected chi connectivity index (χ1v) is 9.99. The van der Waals surface area contributed by atoms with Crippen LogP contribution in [0, 0.1) is 5.82 Å². The van der Waals surface area contributed by atoms with E-state index in [1.54, 1.807) is 36.4 Å². The number of nitrogens with one attached hydrogen (secondary N) is 2. The van der Waals surface area contributed by atoms with E-state index in [1.165, 1.54) is 16.4 Å². The van der Waals surface area contributed by atoms with Crippen molar-refractivity contribution < 1.29 is 17.6 Å². The van der Waals surface area contributed by atoms with Gasteiger partial charge in [0, 0.05) is 25.3 Å². The van der Waals surface area contributed by atoms with E-state index in [0.717, 1.165) is 11.8 Å². The molecule has 140 valence electrons. The molecule has 6 nitrogen and oxygen atoms in total. The lowest BCUT2D eigenvalue weighted by Gasteiger charge is -2.20. The summed E-state index contributed by atoms with van der Waals surface area (Å²) >= 11 is 0. The van der Waals surface area contributed by atoms with Crippen LogP contribution in [0.2, 0.25) is 0 Å². The topological polar surface area (TPSA) is 78.5 Å². The Hall–Kier alpha value is -2.45. The molecule has 0 atom stereocenters. The molecule has 0 aliphatic carbocycles. The Labute approximate surface area is 153 Å². The molecule has 0 aromatic heterocycles. The van der Waals surface area contributed by atoms with E-state index in [2.05, 4.69) is 10.6 Å². The van der Waals surface area contributed by atoms with Gasteiger partial charge in [-0.1, -0.05) is 30.3 Å². The van der Waals surface area contributed by atoms with Crippen LogP contribution in [0.1, 0.15) is 5.56 Å². The van der Waals surface area contributed by atoms with Gasteiger partial charge in [-0.15, -0.1) is 0 Å². The van der Waals surface area contributed by atoms with Crippen molar-refractivity contribution in [3.8, 4) is 0 Å². The summed E-state index contributed by atoms with van der Waals surface area (Å²) in [6, 6.07) is 14.5. The van der Waals surface area contributed by atoms with Gasteiger partial charge in [0.05, 0.1) is 6.26 Å². The van der Waals surface area contributed by atoms with E-state index in [4.69, 9.17) is 0 Å². The van der Waals surface area contributed by atoms with Gasteiger partial charge in [0.15, 0.2) is 0 Å². The number of anilines is 1. The van der Waals surface area contributed by atoms with Crippen molar-refractivity contribution >= 4 is 21.7 Å². The van der Waals surface area contributed by atoms with Crippen molar-refractivity contribution in [1.29, 1.82) is 0 Å². The molecule has 0 aliphatic rings. The van der Waals surface area contributed by atoms with Crippen molar-refractivity contribution in [2.45, 2.75) is 6.42 Å². The van der Waals surface area contributed by atoms with Crippen LogP contribution in [-0.2, 0) is 16.4 Å². The molecule has 0 saturated heterocycles. The van der Waals surface area contributed by atoms with Crippen molar-refractivity contribution in [2.24, 2.45) is 0 Å². The molecule has 2 N–H and O–H groups in total. The van der Waals surface area contributed by atoms with Crippen LogP contribution >= 0.6 is 0 Å². The molecule has 0 saturated carbocycles. The molecule has 0 bridgehead atoms. The molecule has 2 aromatic carbocycles. The fraction of sp³-hybridized carbons (Fsp3) is 0.278. The van der Waals surface area contributed by atoms with E-state index < -0.39 is 16.1 Å². The molecule has 0 aliphatic heterocycles. The maximum Gasteiger partial charge on any atom is 0.319 e. The highest BCUT2D eigenvalue weighted by Gasteiger charge is 2.16. The summed E-state index contributed by atoms with van der Waals surface area (Å²) in [4.78, 5) is 11.8. The lowest BCUT2D eigenvalue weighted by atomic mass is 10.1. The molecule has 0 spiro atoms. The predicted octanol–water partition coefficient (Wildman–Crippen LogP) is 2.45. The normalized spacial score (nSPS) is 11.3. The first-order valence-electron chi connectivity index (χ1n) is 8.14. The van der Waals surface area contributed by atoms with Crippen molar-refractivity contribution in [2.75, 3.05) is 31.2 Å². The number of rotatable bonds is 8. The second-order valence-electron chi connectivity index (χ2n) is 5.79. The van der Waals surface area contributed by atoms with Crippen LogP contribution in [0.15, 0.2) is 54.6 Å². The van der Waals surface area contributed by atoms with Crippen LogP contribution in [-0.4, -0.2) is 44.6 Å². The molecular formula is C18H22FN3O3S. The van der Waals surface area contributed by atoms with Crippen LogP contribution in [0.4, 0.5) is 14.9 Å². The number of sulfonamides is 1. The smallest absolute Gasteiger partial charge is 0.319 e. The van der Waals surface area contributed by atoms with Crippen LogP contribution in [0.5, 0.6) is 0 Å². The van der Waals surface area contributed by atoms with Gasteiger partial charge in [-0.2, -0.15) is 0 Å². The van der Waals surface area contributed by atoms with Gasteiger partial charge in [0.1, 0.15) is 5.82 Å². The van der Waals surface area contributed by atoms with E-state index in [0.29, 0.717) is 12.1 Å². The largest absolute Gasteiger partial charge is 0.337 e. The maximum absolute atomic E-state index is 12.9. The number of carbonyl (C=O) groups excluding carboxylic acids is 1. The highest BCUT2D eigenvalue weighted by atomic mass is 32.2. The van der Waals surface area contributed by atoms with Crippen molar-refractivity contribution in [3.63, 3.8) is 0 Å². The molecule has 0 heterocycles. The van der Waals surface area contributed by atoms with Crippen molar-refractivity contribution in [1.82, 2.24) is 9.62 Å². The van der Waals surface area contributed by atoms with Crippen LogP contribution in [0.25, 0.3) is 0 Å². The number of benzene rings is 2. The number of para-hydroxylation sites is 1. The van der Waals surface area contributed by atoms with Gasteiger partial charge < -0.3 is 10.6 Å². The van der Waals surface area contributed by atoms with Gasteiger partial charge >= 0.3 is 6.03 Å². The monoisotopic (exact) mass is 379 g/mol. The lowest BCUT2D eigenvalue weighted by Crippen LogP contribution is -2.40. The average Bonchev–Trinajstić information content (AvgIpc) is 2.59. The first kappa shape index (κ1) is 19.9. The standard InChI is InChI=1S/C18H22FN3O3S/c1-26(24,25)22(13-11-15-7-9-16(19)10-8-15)14-12-20-18(23)21-17-5-3-2-4-6-17/h2-10H,11-14H2,1H3,(H2,20,21,23). The zero-order chi connectivity index (χ0) is 19.0. The zero-order valence-electron chi connectivity index (χ0n) is 14.5. The Morgan fingerprint density at radius 1 is 1.04 bits per heavy atom. The second kappa shape index (κ2) is 9.30. The number of nitrogens with zero attached hydrogens (tertiary/aromatic N) is 1. The summed E-state index contributed by atoms with van der Waals surface area (Å²) in [7, 11) is -3.41. The quantitative estimate of drug-likeness (QED) is 0.740. The van der Waals surface area contributed by atoms with E-state index in [1.807, 2.05) is 6.07 Å². The zero-order valence-corrected chi connectivity index (χ0v) is 15.3. The Bertz CT molecular complexity index is 811. The number of hydrogen-bond donors (Lipinski definition) is 2. The third-order valence-corrected chi connectivity index (χ3v) is 5.01. The Kier molecular flexibility index (Phi) is 7.11. The van der Waals surface area contributed by atoms with Crippen LogP contribution < -0.4 is 10.6 Å². The Balaban J connectivity index is 1.82. The van der Waals surface area contributed by atoms with E-state index in [-0.39, 0.29) is 25.5 Å². The number of urea groups is 1. The van der Waals surface area contributed by atoms with E-state index in [9.17, 15) is 17.6 Å². The molecule has 26 heavy (non-hydrogen) atoms. The second-order valence-corrected chi connectivity index (χ2v) is 7.77. The summed E-state index contributed by atoms with van der Waals surface area (Å²) in [5, 5.41) is 5.30.